The second kappa shape index (κ2) is 3.81. The van der Waals surface area contributed by atoms with Crippen molar-refractivity contribution in [3.05, 3.63) is 38.0 Å². The van der Waals surface area contributed by atoms with Crippen LogP contribution < -0.4 is 5.73 Å². The van der Waals surface area contributed by atoms with Gasteiger partial charge in [-0.05, 0) is 30.9 Å². The molecule has 2 nitrogen and oxygen atoms in total. The molecule has 0 spiro atoms. The van der Waals surface area contributed by atoms with Crippen molar-refractivity contribution in [2.24, 2.45) is 5.73 Å². The van der Waals surface area contributed by atoms with Crippen LogP contribution in [0.5, 0.6) is 0 Å². The topological polar surface area (TPSA) is 38.9 Å². The number of hydrogen-bond donors (Lipinski definition) is 1. The van der Waals surface area contributed by atoms with Gasteiger partial charge in [0, 0.05) is 16.0 Å². The Morgan fingerprint density at radius 3 is 2.64 bits per heavy atom. The zero-order valence-electron chi connectivity index (χ0n) is 8.15. The van der Waals surface area contributed by atoms with Crippen LogP contribution in [0.1, 0.15) is 27.2 Å². The van der Waals surface area contributed by atoms with E-state index in [1.165, 1.54) is 10.4 Å². The van der Waals surface area contributed by atoms with Crippen LogP contribution in [0.25, 0.3) is 0 Å². The maximum Gasteiger partial charge on any atom is 0.115 e. The first kappa shape index (κ1) is 9.83. The Morgan fingerprint density at radius 2 is 2.14 bits per heavy atom. The molecule has 2 aromatic rings. The van der Waals surface area contributed by atoms with E-state index in [2.05, 4.69) is 23.4 Å². The predicted molar refractivity (Wildman–Crippen MR) is 61.9 cm³/mol. The second-order valence-electron chi connectivity index (χ2n) is 3.27. The lowest BCUT2D eigenvalue weighted by molar-refractivity contribution is 0.865. The highest BCUT2D eigenvalue weighted by Gasteiger charge is 2.15. The Kier molecular flexibility index (Phi) is 2.67. The molecule has 0 amide bonds. The minimum absolute atomic E-state index is 0.0475. The molecular weight excluding hydrogens is 212 g/mol. The number of hydrogen-bond acceptors (Lipinski definition) is 4. The van der Waals surface area contributed by atoms with E-state index in [1.54, 1.807) is 22.7 Å². The van der Waals surface area contributed by atoms with E-state index >= 15 is 0 Å². The van der Waals surface area contributed by atoms with Gasteiger partial charge in [-0.3, -0.25) is 0 Å². The average molecular weight is 224 g/mol. The molecule has 2 aromatic heterocycles. The summed E-state index contributed by atoms with van der Waals surface area (Å²) in [5, 5.41) is 5.12. The molecule has 0 aliphatic heterocycles. The molecule has 2 N–H and O–H groups in total. The van der Waals surface area contributed by atoms with Crippen LogP contribution in [0.15, 0.2) is 16.8 Å². The lowest BCUT2D eigenvalue weighted by Gasteiger charge is -2.06. The van der Waals surface area contributed by atoms with Gasteiger partial charge in [-0.2, -0.15) is 0 Å². The zero-order valence-corrected chi connectivity index (χ0v) is 9.78. The predicted octanol–water partition coefficient (Wildman–Crippen LogP) is 2.87. The highest BCUT2D eigenvalue weighted by atomic mass is 32.1. The van der Waals surface area contributed by atoms with Gasteiger partial charge in [0.25, 0.3) is 0 Å². The Balaban J connectivity index is 2.33. The molecule has 1 atom stereocenters. The Labute approximate surface area is 91.4 Å². The first-order valence-electron chi connectivity index (χ1n) is 4.40. The summed E-state index contributed by atoms with van der Waals surface area (Å²) in [6, 6.07) is 2.05. The van der Waals surface area contributed by atoms with Crippen molar-refractivity contribution in [2.45, 2.75) is 19.9 Å². The molecule has 0 aliphatic rings. The maximum atomic E-state index is 6.13. The number of aromatic nitrogens is 1. The fraction of sp³-hybridized carbons (Fsp3) is 0.300. The Bertz CT molecular complexity index is 431. The normalized spacial score (nSPS) is 13.1. The van der Waals surface area contributed by atoms with Crippen molar-refractivity contribution in [3.8, 4) is 0 Å². The average Bonchev–Trinajstić information content (AvgIpc) is 2.73. The number of nitrogens with zero attached hydrogens (tertiary/aromatic N) is 1. The lowest BCUT2D eigenvalue weighted by atomic mass is 10.2. The van der Waals surface area contributed by atoms with E-state index in [-0.39, 0.29) is 6.04 Å². The van der Waals surface area contributed by atoms with Crippen LogP contribution >= 0.6 is 22.7 Å². The van der Waals surface area contributed by atoms with Crippen molar-refractivity contribution in [1.82, 2.24) is 4.98 Å². The van der Waals surface area contributed by atoms with Crippen molar-refractivity contribution >= 4 is 22.7 Å². The highest BCUT2D eigenvalue weighted by Crippen LogP contribution is 2.28. The molecule has 14 heavy (non-hydrogen) atoms. The van der Waals surface area contributed by atoms with Crippen molar-refractivity contribution in [3.63, 3.8) is 0 Å². The SMILES string of the molecule is Cc1csc(C(N)c2sccc2C)n1. The molecule has 2 rings (SSSR count). The number of nitrogens with two attached hydrogens (primary N) is 1. The molecule has 0 bridgehead atoms. The molecule has 74 valence electrons. The monoisotopic (exact) mass is 224 g/mol. The molecule has 2 heterocycles. The third kappa shape index (κ3) is 1.73. The van der Waals surface area contributed by atoms with Gasteiger partial charge in [0.2, 0.25) is 0 Å². The van der Waals surface area contributed by atoms with Crippen molar-refractivity contribution < 1.29 is 0 Å². The van der Waals surface area contributed by atoms with Gasteiger partial charge in [-0.1, -0.05) is 0 Å². The lowest BCUT2D eigenvalue weighted by Crippen LogP contribution is -2.10. The number of thiophene rings is 1. The number of aryl methyl sites for hydroxylation is 2. The summed E-state index contributed by atoms with van der Waals surface area (Å²) in [5.74, 6) is 0. The molecule has 0 saturated heterocycles. The first-order valence-corrected chi connectivity index (χ1v) is 6.16. The van der Waals surface area contributed by atoms with Crippen LogP contribution in [0, 0.1) is 13.8 Å². The van der Waals surface area contributed by atoms with E-state index in [4.69, 9.17) is 5.73 Å². The summed E-state index contributed by atoms with van der Waals surface area (Å²) in [7, 11) is 0. The van der Waals surface area contributed by atoms with Gasteiger partial charge >= 0.3 is 0 Å². The Morgan fingerprint density at radius 1 is 1.36 bits per heavy atom. The molecule has 1 unspecified atom stereocenters. The summed E-state index contributed by atoms with van der Waals surface area (Å²) >= 11 is 3.34. The molecule has 4 heteroatoms. The fourth-order valence-electron chi connectivity index (χ4n) is 1.33. The van der Waals surface area contributed by atoms with Crippen LogP contribution in [0.4, 0.5) is 0 Å². The Hall–Kier alpha value is -0.710. The van der Waals surface area contributed by atoms with Crippen LogP contribution in [0.2, 0.25) is 0 Å². The van der Waals surface area contributed by atoms with Gasteiger partial charge in [-0.15, -0.1) is 22.7 Å². The van der Waals surface area contributed by atoms with E-state index in [0.717, 1.165) is 10.7 Å². The standard InChI is InChI=1S/C10H12N2S2/c1-6-3-4-13-9(6)8(11)10-12-7(2)5-14-10/h3-5,8H,11H2,1-2H3. The summed E-state index contributed by atoms with van der Waals surface area (Å²) in [6.45, 7) is 4.08. The highest BCUT2D eigenvalue weighted by molar-refractivity contribution is 7.11. The molecule has 0 aromatic carbocycles. The van der Waals surface area contributed by atoms with E-state index in [0.29, 0.717) is 0 Å². The van der Waals surface area contributed by atoms with E-state index in [9.17, 15) is 0 Å². The largest absolute Gasteiger partial charge is 0.318 e. The number of rotatable bonds is 2. The van der Waals surface area contributed by atoms with Gasteiger partial charge < -0.3 is 5.73 Å². The van der Waals surface area contributed by atoms with Crippen LogP contribution in [0.3, 0.4) is 0 Å². The van der Waals surface area contributed by atoms with E-state index in [1.807, 2.05) is 12.3 Å². The summed E-state index contributed by atoms with van der Waals surface area (Å²) in [6.07, 6.45) is 0. The smallest absolute Gasteiger partial charge is 0.115 e. The molecule has 0 fully saturated rings. The molecule has 0 radical (unpaired) electrons. The fourth-order valence-corrected chi connectivity index (χ4v) is 3.14. The van der Waals surface area contributed by atoms with E-state index < -0.39 is 0 Å². The maximum absolute atomic E-state index is 6.13. The first-order chi connectivity index (χ1) is 6.68. The van der Waals surface area contributed by atoms with Gasteiger partial charge in [0.1, 0.15) is 5.01 Å². The van der Waals surface area contributed by atoms with Gasteiger partial charge in [0.05, 0.1) is 6.04 Å². The second-order valence-corrected chi connectivity index (χ2v) is 5.11. The quantitative estimate of drug-likeness (QED) is 0.852. The van der Waals surface area contributed by atoms with Gasteiger partial charge in [-0.25, -0.2) is 4.98 Å². The minimum atomic E-state index is -0.0475. The number of thiazole rings is 1. The minimum Gasteiger partial charge on any atom is -0.318 e. The summed E-state index contributed by atoms with van der Waals surface area (Å²) in [4.78, 5) is 5.63. The van der Waals surface area contributed by atoms with Crippen LogP contribution in [-0.2, 0) is 0 Å². The van der Waals surface area contributed by atoms with Crippen LogP contribution in [-0.4, -0.2) is 4.98 Å². The zero-order chi connectivity index (χ0) is 10.1. The van der Waals surface area contributed by atoms with Crippen molar-refractivity contribution in [2.75, 3.05) is 0 Å². The van der Waals surface area contributed by atoms with Gasteiger partial charge in [0.15, 0.2) is 0 Å². The molecule has 0 aliphatic carbocycles. The third-order valence-electron chi connectivity index (χ3n) is 2.09. The summed E-state index contributed by atoms with van der Waals surface area (Å²) in [5.41, 5.74) is 8.44. The van der Waals surface area contributed by atoms with Crippen molar-refractivity contribution in [1.29, 1.82) is 0 Å². The molecule has 0 saturated carbocycles. The summed E-state index contributed by atoms with van der Waals surface area (Å²) < 4.78 is 0. The molecular formula is C10H12N2S2. The third-order valence-corrected chi connectivity index (χ3v) is 4.23.